The summed E-state index contributed by atoms with van der Waals surface area (Å²) in [5.41, 5.74) is 1.02. The standard InChI is InChI=1S/C17H17ClN2O3S2/c1-20(2)17(21)24-15-9-7-14(8-10-15)19-25(22,23)12-11-13-5-3-4-6-16(13)18/h3-12,19H,1-2H3/b12-11+. The highest BCUT2D eigenvalue weighted by Crippen LogP contribution is 2.23. The summed E-state index contributed by atoms with van der Waals surface area (Å²) < 4.78 is 26.7. The lowest BCUT2D eigenvalue weighted by atomic mass is 10.2. The molecule has 1 N–H and O–H groups in total. The van der Waals surface area contributed by atoms with Gasteiger partial charge < -0.3 is 4.90 Å². The highest BCUT2D eigenvalue weighted by Gasteiger charge is 2.09. The van der Waals surface area contributed by atoms with Crippen LogP contribution in [0, 0.1) is 0 Å². The summed E-state index contributed by atoms with van der Waals surface area (Å²) in [6.45, 7) is 0. The van der Waals surface area contributed by atoms with E-state index in [-0.39, 0.29) is 5.24 Å². The summed E-state index contributed by atoms with van der Waals surface area (Å²) in [5.74, 6) is 0. The fraction of sp³-hybridized carbons (Fsp3) is 0.118. The number of nitrogens with zero attached hydrogens (tertiary/aromatic N) is 1. The Morgan fingerprint density at radius 2 is 1.76 bits per heavy atom. The van der Waals surface area contributed by atoms with Gasteiger partial charge in [0.15, 0.2) is 0 Å². The van der Waals surface area contributed by atoms with Gasteiger partial charge in [0, 0.05) is 29.7 Å². The first-order chi connectivity index (χ1) is 11.8. The second-order valence-corrected chi connectivity index (χ2v) is 8.26. The number of carbonyl (C=O) groups excluding carboxylic acids is 1. The average Bonchev–Trinajstić information content (AvgIpc) is 2.55. The molecule has 2 aromatic rings. The second-order valence-electron chi connectivity index (χ2n) is 5.26. The van der Waals surface area contributed by atoms with Crippen LogP contribution in [0.25, 0.3) is 6.08 Å². The fourth-order valence-corrected chi connectivity index (χ4v) is 3.47. The van der Waals surface area contributed by atoms with Gasteiger partial charge in [-0.05, 0) is 53.7 Å². The zero-order valence-electron chi connectivity index (χ0n) is 13.6. The SMILES string of the molecule is CN(C)C(=O)Sc1ccc(NS(=O)(=O)/C=C/c2ccccc2Cl)cc1. The van der Waals surface area contributed by atoms with Crippen LogP contribution >= 0.6 is 23.4 Å². The van der Waals surface area contributed by atoms with Crippen molar-refractivity contribution in [1.29, 1.82) is 0 Å². The molecule has 1 amide bonds. The molecule has 0 saturated heterocycles. The van der Waals surface area contributed by atoms with Gasteiger partial charge >= 0.3 is 0 Å². The van der Waals surface area contributed by atoms with E-state index in [9.17, 15) is 13.2 Å². The molecule has 0 saturated carbocycles. The van der Waals surface area contributed by atoms with Crippen molar-refractivity contribution in [2.45, 2.75) is 4.90 Å². The van der Waals surface area contributed by atoms with Crippen molar-refractivity contribution < 1.29 is 13.2 Å². The summed E-state index contributed by atoms with van der Waals surface area (Å²) in [5, 5.41) is 1.43. The first-order valence-electron chi connectivity index (χ1n) is 7.21. The molecule has 0 fully saturated rings. The van der Waals surface area contributed by atoms with E-state index in [1.54, 1.807) is 62.6 Å². The molecular weight excluding hydrogens is 380 g/mol. The maximum absolute atomic E-state index is 12.1. The summed E-state index contributed by atoms with van der Waals surface area (Å²) in [6.07, 6.45) is 1.44. The third-order valence-electron chi connectivity index (χ3n) is 3.02. The Morgan fingerprint density at radius 3 is 2.36 bits per heavy atom. The largest absolute Gasteiger partial charge is 0.339 e. The molecule has 2 aromatic carbocycles. The van der Waals surface area contributed by atoms with Crippen LogP contribution in [0.5, 0.6) is 0 Å². The van der Waals surface area contributed by atoms with Gasteiger partial charge in [-0.25, -0.2) is 8.42 Å². The van der Waals surface area contributed by atoms with E-state index in [4.69, 9.17) is 11.6 Å². The van der Waals surface area contributed by atoms with E-state index in [1.807, 2.05) is 0 Å². The zero-order valence-corrected chi connectivity index (χ0v) is 16.0. The average molecular weight is 397 g/mol. The molecule has 5 nitrogen and oxygen atoms in total. The van der Waals surface area contributed by atoms with E-state index in [0.29, 0.717) is 16.3 Å². The second kappa shape index (κ2) is 8.42. The molecule has 0 aromatic heterocycles. The molecule has 132 valence electrons. The van der Waals surface area contributed by atoms with Crippen LogP contribution in [0.3, 0.4) is 0 Å². The lowest BCUT2D eigenvalue weighted by Crippen LogP contribution is -2.16. The maximum atomic E-state index is 12.1. The monoisotopic (exact) mass is 396 g/mol. The quantitative estimate of drug-likeness (QED) is 0.754. The van der Waals surface area contributed by atoms with Gasteiger partial charge in [0.1, 0.15) is 0 Å². The van der Waals surface area contributed by atoms with Crippen LogP contribution in [-0.4, -0.2) is 32.7 Å². The Balaban J connectivity index is 2.05. The Hall–Kier alpha value is -1.96. The van der Waals surface area contributed by atoms with Crippen LogP contribution in [0.15, 0.2) is 58.8 Å². The lowest BCUT2D eigenvalue weighted by molar-refractivity contribution is 0.241. The van der Waals surface area contributed by atoms with Gasteiger partial charge in [0.25, 0.3) is 15.3 Å². The number of carbonyl (C=O) groups is 1. The molecule has 2 rings (SSSR count). The molecule has 0 bridgehead atoms. The van der Waals surface area contributed by atoms with Gasteiger partial charge in [-0.2, -0.15) is 0 Å². The molecule has 0 aliphatic carbocycles. The van der Waals surface area contributed by atoms with E-state index in [1.165, 1.54) is 11.0 Å². The van der Waals surface area contributed by atoms with Gasteiger partial charge in [0.2, 0.25) is 0 Å². The van der Waals surface area contributed by atoms with Crippen molar-refractivity contribution in [3.8, 4) is 0 Å². The van der Waals surface area contributed by atoms with Crippen LogP contribution in [0.4, 0.5) is 10.5 Å². The zero-order chi connectivity index (χ0) is 18.4. The maximum Gasteiger partial charge on any atom is 0.285 e. The molecule has 0 aliphatic rings. The van der Waals surface area contributed by atoms with Crippen LogP contribution in [0.2, 0.25) is 5.02 Å². The Bertz CT molecular complexity index is 879. The minimum absolute atomic E-state index is 0.101. The third-order valence-corrected chi connectivity index (χ3v) is 5.42. The number of thioether (sulfide) groups is 1. The minimum atomic E-state index is -3.67. The van der Waals surface area contributed by atoms with Crippen molar-refractivity contribution in [3.63, 3.8) is 0 Å². The Labute approximate surface area is 156 Å². The Morgan fingerprint density at radius 1 is 1.12 bits per heavy atom. The number of hydrogen-bond donors (Lipinski definition) is 1. The summed E-state index contributed by atoms with van der Waals surface area (Å²) >= 11 is 7.06. The van der Waals surface area contributed by atoms with Crippen LogP contribution < -0.4 is 4.72 Å². The molecule has 0 heterocycles. The highest BCUT2D eigenvalue weighted by molar-refractivity contribution is 8.13. The van der Waals surface area contributed by atoms with E-state index in [2.05, 4.69) is 4.72 Å². The topological polar surface area (TPSA) is 66.5 Å². The first kappa shape index (κ1) is 19.4. The predicted octanol–water partition coefficient (Wildman–Crippen LogP) is 4.53. The van der Waals surface area contributed by atoms with Crippen LogP contribution in [0.1, 0.15) is 5.56 Å². The number of benzene rings is 2. The van der Waals surface area contributed by atoms with Gasteiger partial charge in [-0.1, -0.05) is 29.8 Å². The molecule has 8 heteroatoms. The van der Waals surface area contributed by atoms with Crippen molar-refractivity contribution >= 4 is 50.4 Å². The van der Waals surface area contributed by atoms with Crippen molar-refractivity contribution in [2.24, 2.45) is 0 Å². The van der Waals surface area contributed by atoms with Crippen molar-refractivity contribution in [2.75, 3.05) is 18.8 Å². The molecular formula is C17H17ClN2O3S2. The summed E-state index contributed by atoms with van der Waals surface area (Å²) in [4.78, 5) is 13.8. The molecule has 0 radical (unpaired) electrons. The summed E-state index contributed by atoms with van der Waals surface area (Å²) in [7, 11) is -0.330. The summed E-state index contributed by atoms with van der Waals surface area (Å²) in [6, 6.07) is 13.5. The molecule has 25 heavy (non-hydrogen) atoms. The number of sulfonamides is 1. The molecule has 0 spiro atoms. The number of hydrogen-bond acceptors (Lipinski definition) is 4. The molecule has 0 atom stereocenters. The predicted molar refractivity (Wildman–Crippen MR) is 104 cm³/mol. The van der Waals surface area contributed by atoms with Crippen LogP contribution in [-0.2, 0) is 10.0 Å². The van der Waals surface area contributed by atoms with E-state index >= 15 is 0 Å². The van der Waals surface area contributed by atoms with E-state index < -0.39 is 10.0 Å². The third kappa shape index (κ3) is 6.12. The minimum Gasteiger partial charge on any atom is -0.339 e. The number of nitrogens with one attached hydrogen (secondary N) is 1. The van der Waals surface area contributed by atoms with Gasteiger partial charge in [-0.3, -0.25) is 9.52 Å². The number of anilines is 1. The lowest BCUT2D eigenvalue weighted by Gasteiger charge is -2.09. The van der Waals surface area contributed by atoms with Crippen molar-refractivity contribution in [3.05, 3.63) is 64.5 Å². The van der Waals surface area contributed by atoms with Crippen molar-refractivity contribution in [1.82, 2.24) is 4.90 Å². The van der Waals surface area contributed by atoms with Gasteiger partial charge in [0.05, 0.1) is 5.41 Å². The molecule has 0 unspecified atom stereocenters. The Kier molecular flexibility index (Phi) is 6.52. The van der Waals surface area contributed by atoms with Gasteiger partial charge in [-0.15, -0.1) is 0 Å². The normalized spacial score (nSPS) is 11.5. The number of halogens is 1. The van der Waals surface area contributed by atoms with E-state index in [0.717, 1.165) is 22.1 Å². The smallest absolute Gasteiger partial charge is 0.285 e. The number of rotatable bonds is 5. The highest BCUT2D eigenvalue weighted by atomic mass is 35.5. The first-order valence-corrected chi connectivity index (χ1v) is 9.95. The number of amides is 1. The fourth-order valence-electron chi connectivity index (χ4n) is 1.75. The molecule has 0 aliphatic heterocycles.